The minimum atomic E-state index is 0.851. The Morgan fingerprint density at radius 3 is 2.56 bits per heavy atom. The second-order valence-electron chi connectivity index (χ2n) is 2.06. The van der Waals surface area contributed by atoms with Gasteiger partial charge in [0.2, 0.25) is 0 Å². The van der Waals surface area contributed by atoms with Gasteiger partial charge >= 0.3 is 0 Å². The first-order chi connectivity index (χ1) is 4.41. The van der Waals surface area contributed by atoms with Crippen molar-refractivity contribution in [3.63, 3.8) is 0 Å². The molecule has 0 bridgehead atoms. The highest BCUT2D eigenvalue weighted by molar-refractivity contribution is 4.46. The van der Waals surface area contributed by atoms with Gasteiger partial charge in [0.25, 0.3) is 0 Å². The molecule has 0 fully saturated rings. The van der Waals surface area contributed by atoms with E-state index < -0.39 is 0 Å². The number of hydrogen-bond donors (Lipinski definition) is 3. The predicted molar refractivity (Wildman–Crippen MR) is 40.0 cm³/mol. The van der Waals surface area contributed by atoms with Crippen LogP contribution in [0.5, 0.6) is 0 Å². The van der Waals surface area contributed by atoms with Crippen molar-refractivity contribution in [2.45, 2.75) is 19.8 Å². The van der Waals surface area contributed by atoms with Crippen molar-refractivity contribution in [3.8, 4) is 0 Å². The van der Waals surface area contributed by atoms with Gasteiger partial charge in [0.05, 0.1) is 0 Å². The van der Waals surface area contributed by atoms with E-state index in [-0.39, 0.29) is 0 Å². The van der Waals surface area contributed by atoms with Crippen molar-refractivity contribution in [2.24, 2.45) is 5.84 Å². The van der Waals surface area contributed by atoms with Crippen LogP contribution in [0.25, 0.3) is 0 Å². The molecule has 0 heterocycles. The zero-order valence-electron chi connectivity index (χ0n) is 6.11. The van der Waals surface area contributed by atoms with E-state index in [0.717, 1.165) is 19.6 Å². The molecule has 0 radical (unpaired) electrons. The van der Waals surface area contributed by atoms with Crippen LogP contribution in [0, 0.1) is 0 Å². The summed E-state index contributed by atoms with van der Waals surface area (Å²) in [6, 6.07) is 0. The lowest BCUT2D eigenvalue weighted by Gasteiger charge is -2.00. The first-order valence-electron chi connectivity index (χ1n) is 3.56. The van der Waals surface area contributed by atoms with Crippen LogP contribution in [0.1, 0.15) is 19.8 Å². The van der Waals surface area contributed by atoms with E-state index >= 15 is 0 Å². The Morgan fingerprint density at radius 2 is 2.00 bits per heavy atom. The van der Waals surface area contributed by atoms with Crippen LogP contribution in [0.4, 0.5) is 0 Å². The molecule has 0 saturated heterocycles. The lowest BCUT2D eigenvalue weighted by Crippen LogP contribution is -2.31. The molecule has 3 nitrogen and oxygen atoms in total. The normalized spacial score (nSPS) is 10.0. The van der Waals surface area contributed by atoms with E-state index in [4.69, 9.17) is 5.84 Å². The smallest absolute Gasteiger partial charge is 0.0223 e. The summed E-state index contributed by atoms with van der Waals surface area (Å²) >= 11 is 0. The molecule has 0 spiro atoms. The van der Waals surface area contributed by atoms with Gasteiger partial charge in [-0.25, -0.2) is 0 Å². The van der Waals surface area contributed by atoms with Crippen molar-refractivity contribution >= 4 is 0 Å². The monoisotopic (exact) mass is 131 g/mol. The number of unbranched alkanes of at least 4 members (excludes halogenated alkanes) is 1. The summed E-state index contributed by atoms with van der Waals surface area (Å²) in [5.41, 5.74) is 2.58. The predicted octanol–water partition coefficient (Wildman–Crippen LogP) is -0.161. The lowest BCUT2D eigenvalue weighted by atomic mass is 10.3. The van der Waals surface area contributed by atoms with Crippen LogP contribution in [0.15, 0.2) is 0 Å². The molecule has 56 valence electrons. The number of rotatable bonds is 6. The quantitative estimate of drug-likeness (QED) is 0.267. The van der Waals surface area contributed by atoms with Crippen molar-refractivity contribution in [1.29, 1.82) is 0 Å². The molecular weight excluding hydrogens is 114 g/mol. The van der Waals surface area contributed by atoms with Crippen molar-refractivity contribution in [1.82, 2.24) is 10.7 Å². The fraction of sp³-hybridized carbons (Fsp3) is 1.00. The minimum absolute atomic E-state index is 0.851. The SMILES string of the molecule is CCCCNCCNN. The molecule has 3 heteroatoms. The van der Waals surface area contributed by atoms with Gasteiger partial charge < -0.3 is 5.32 Å². The highest BCUT2D eigenvalue weighted by atomic mass is 15.2. The van der Waals surface area contributed by atoms with Gasteiger partial charge in [-0.15, -0.1) is 0 Å². The van der Waals surface area contributed by atoms with E-state index in [1.165, 1.54) is 12.8 Å². The number of hydrogen-bond acceptors (Lipinski definition) is 3. The van der Waals surface area contributed by atoms with E-state index in [1.807, 2.05) is 0 Å². The number of nitrogens with one attached hydrogen (secondary N) is 2. The molecular formula is C6H17N3. The fourth-order valence-electron chi connectivity index (χ4n) is 0.587. The Hall–Kier alpha value is -0.120. The molecule has 4 N–H and O–H groups in total. The van der Waals surface area contributed by atoms with Gasteiger partial charge in [-0.05, 0) is 13.0 Å². The summed E-state index contributed by atoms with van der Waals surface area (Å²) in [5.74, 6) is 5.05. The van der Waals surface area contributed by atoms with Crippen LogP contribution in [-0.2, 0) is 0 Å². The average molecular weight is 131 g/mol. The molecule has 0 amide bonds. The maximum Gasteiger partial charge on any atom is 0.0223 e. The molecule has 0 aromatic heterocycles. The summed E-state index contributed by atoms with van der Waals surface area (Å²) < 4.78 is 0. The zero-order valence-corrected chi connectivity index (χ0v) is 6.11. The second-order valence-corrected chi connectivity index (χ2v) is 2.06. The summed E-state index contributed by atoms with van der Waals surface area (Å²) in [6.07, 6.45) is 2.51. The fourth-order valence-corrected chi connectivity index (χ4v) is 0.587. The molecule has 0 aliphatic heterocycles. The molecule has 0 atom stereocenters. The van der Waals surface area contributed by atoms with Crippen molar-refractivity contribution in [2.75, 3.05) is 19.6 Å². The van der Waals surface area contributed by atoms with Gasteiger partial charge in [-0.1, -0.05) is 13.3 Å². The van der Waals surface area contributed by atoms with Crippen LogP contribution >= 0.6 is 0 Å². The molecule has 9 heavy (non-hydrogen) atoms. The van der Waals surface area contributed by atoms with E-state index in [2.05, 4.69) is 17.7 Å². The standard InChI is InChI=1S/C6H17N3/c1-2-3-4-8-5-6-9-7/h8-9H,2-7H2,1H3. The Labute approximate surface area is 57.0 Å². The summed E-state index contributed by atoms with van der Waals surface area (Å²) in [6.45, 7) is 5.11. The first kappa shape index (κ1) is 8.88. The first-order valence-corrected chi connectivity index (χ1v) is 3.56. The maximum absolute atomic E-state index is 5.05. The molecule has 0 aliphatic rings. The van der Waals surface area contributed by atoms with E-state index in [1.54, 1.807) is 0 Å². The van der Waals surface area contributed by atoms with Crippen LogP contribution < -0.4 is 16.6 Å². The Kier molecular flexibility index (Phi) is 7.77. The highest BCUT2D eigenvalue weighted by Gasteiger charge is 1.82. The largest absolute Gasteiger partial charge is 0.315 e. The molecule has 0 aromatic carbocycles. The maximum atomic E-state index is 5.05. The Bertz CT molecular complexity index is 41.6. The third-order valence-corrected chi connectivity index (χ3v) is 1.15. The lowest BCUT2D eigenvalue weighted by molar-refractivity contribution is 0.604. The Balaban J connectivity index is 2.60. The molecule has 0 rings (SSSR count). The summed E-state index contributed by atoms with van der Waals surface area (Å²) in [4.78, 5) is 0. The summed E-state index contributed by atoms with van der Waals surface area (Å²) in [5, 5.41) is 3.24. The van der Waals surface area contributed by atoms with E-state index in [0.29, 0.717) is 0 Å². The van der Waals surface area contributed by atoms with Gasteiger partial charge in [0.1, 0.15) is 0 Å². The van der Waals surface area contributed by atoms with Crippen LogP contribution in [-0.4, -0.2) is 19.6 Å². The molecule has 0 unspecified atom stereocenters. The van der Waals surface area contributed by atoms with Crippen LogP contribution in [0.3, 0.4) is 0 Å². The highest BCUT2D eigenvalue weighted by Crippen LogP contribution is 1.80. The minimum Gasteiger partial charge on any atom is -0.315 e. The van der Waals surface area contributed by atoms with Crippen molar-refractivity contribution in [3.05, 3.63) is 0 Å². The summed E-state index contributed by atoms with van der Waals surface area (Å²) in [7, 11) is 0. The third-order valence-electron chi connectivity index (χ3n) is 1.15. The molecule has 0 aliphatic carbocycles. The topological polar surface area (TPSA) is 50.1 Å². The van der Waals surface area contributed by atoms with Gasteiger partial charge in [0.15, 0.2) is 0 Å². The number of hydrazine groups is 1. The molecule has 0 saturated carbocycles. The third kappa shape index (κ3) is 7.88. The average Bonchev–Trinajstić information content (AvgIpc) is 1.89. The van der Waals surface area contributed by atoms with Gasteiger partial charge in [-0.3, -0.25) is 11.3 Å². The van der Waals surface area contributed by atoms with E-state index in [9.17, 15) is 0 Å². The van der Waals surface area contributed by atoms with Gasteiger partial charge in [-0.2, -0.15) is 0 Å². The Morgan fingerprint density at radius 1 is 1.22 bits per heavy atom. The second kappa shape index (κ2) is 7.88. The molecule has 0 aromatic rings. The van der Waals surface area contributed by atoms with Crippen molar-refractivity contribution < 1.29 is 0 Å². The van der Waals surface area contributed by atoms with Gasteiger partial charge in [0, 0.05) is 13.1 Å². The number of nitrogens with two attached hydrogens (primary N) is 1. The van der Waals surface area contributed by atoms with Crippen LogP contribution in [0.2, 0.25) is 0 Å². The zero-order chi connectivity index (χ0) is 6.95.